The van der Waals surface area contributed by atoms with Gasteiger partial charge >= 0.3 is 0 Å². The fourth-order valence-corrected chi connectivity index (χ4v) is 4.16. The first-order chi connectivity index (χ1) is 5.71. The summed E-state index contributed by atoms with van der Waals surface area (Å²) in [5.41, 5.74) is 0.660. The molecule has 3 saturated heterocycles. The Hall–Kier alpha value is -0.0400. The van der Waals surface area contributed by atoms with Gasteiger partial charge in [-0.3, -0.25) is 4.90 Å². The summed E-state index contributed by atoms with van der Waals surface area (Å²) in [6.45, 7) is 7.69. The zero-order chi connectivity index (χ0) is 8.34. The molecule has 4 fully saturated rings. The summed E-state index contributed by atoms with van der Waals surface area (Å²) in [6, 6.07) is 0. The lowest BCUT2D eigenvalue weighted by Gasteiger charge is -2.37. The molecule has 3 aliphatic heterocycles. The van der Waals surface area contributed by atoms with Gasteiger partial charge < -0.3 is 0 Å². The van der Waals surface area contributed by atoms with Crippen LogP contribution >= 0.6 is 0 Å². The van der Waals surface area contributed by atoms with Gasteiger partial charge in [0.15, 0.2) is 0 Å². The Balaban J connectivity index is 1.98. The van der Waals surface area contributed by atoms with E-state index in [0.29, 0.717) is 5.54 Å². The van der Waals surface area contributed by atoms with E-state index in [1.807, 2.05) is 0 Å². The normalized spacial score (nSPS) is 55.8. The second-order valence-corrected chi connectivity index (χ2v) is 5.54. The topological polar surface area (TPSA) is 3.24 Å². The summed E-state index contributed by atoms with van der Waals surface area (Å²) >= 11 is 0. The summed E-state index contributed by atoms with van der Waals surface area (Å²) in [5, 5.41) is 0. The minimum absolute atomic E-state index is 0.660. The minimum Gasteiger partial charge on any atom is -0.297 e. The first-order valence-corrected chi connectivity index (χ1v) is 5.46. The maximum Gasteiger partial charge on any atom is 0.0238 e. The van der Waals surface area contributed by atoms with E-state index in [2.05, 4.69) is 18.7 Å². The fraction of sp³-hybridized carbons (Fsp3) is 1.00. The molecule has 0 spiro atoms. The number of hydrogen-bond donors (Lipinski definition) is 0. The van der Waals surface area contributed by atoms with Crippen molar-refractivity contribution in [1.82, 2.24) is 4.90 Å². The largest absolute Gasteiger partial charge is 0.297 e. The monoisotopic (exact) mass is 165 g/mol. The summed E-state index contributed by atoms with van der Waals surface area (Å²) < 4.78 is 0. The molecular formula is C11H19N. The van der Waals surface area contributed by atoms with E-state index in [-0.39, 0.29) is 0 Å². The predicted molar refractivity (Wildman–Crippen MR) is 50.0 cm³/mol. The molecule has 0 aromatic carbocycles. The Kier molecular flexibility index (Phi) is 1.27. The third-order valence-electron chi connectivity index (χ3n) is 4.61. The average molecular weight is 165 g/mol. The van der Waals surface area contributed by atoms with E-state index in [9.17, 15) is 0 Å². The minimum atomic E-state index is 0.660. The van der Waals surface area contributed by atoms with Crippen LogP contribution in [0.2, 0.25) is 0 Å². The standard InChI is InChI=1S/C11H19N/c1-8(2)11-4-9-3-10(5-11)7-12(11)6-9/h8-10H,3-7H2,1-2H3. The van der Waals surface area contributed by atoms with Crippen LogP contribution in [0.1, 0.15) is 33.1 Å². The lowest BCUT2D eigenvalue weighted by atomic mass is 9.72. The van der Waals surface area contributed by atoms with Crippen LogP contribution in [-0.2, 0) is 0 Å². The summed E-state index contributed by atoms with van der Waals surface area (Å²) in [5.74, 6) is 3.02. The maximum absolute atomic E-state index is 2.80. The van der Waals surface area contributed by atoms with Crippen LogP contribution < -0.4 is 0 Å². The Bertz CT molecular complexity index is 195. The molecule has 4 aliphatic rings. The summed E-state index contributed by atoms with van der Waals surface area (Å²) in [6.07, 6.45) is 4.58. The second-order valence-electron chi connectivity index (χ2n) is 5.54. The third-order valence-corrected chi connectivity index (χ3v) is 4.61. The Morgan fingerprint density at radius 1 is 1.17 bits per heavy atom. The second kappa shape index (κ2) is 2.06. The number of rotatable bonds is 1. The number of hydrogen-bond acceptors (Lipinski definition) is 1. The van der Waals surface area contributed by atoms with Crippen molar-refractivity contribution in [2.24, 2.45) is 17.8 Å². The fourth-order valence-electron chi connectivity index (χ4n) is 4.16. The van der Waals surface area contributed by atoms with Gasteiger partial charge in [-0.25, -0.2) is 0 Å². The molecular weight excluding hydrogens is 146 g/mol. The highest BCUT2D eigenvalue weighted by atomic mass is 15.3. The molecule has 0 aromatic heterocycles. The van der Waals surface area contributed by atoms with Gasteiger partial charge in [0.05, 0.1) is 0 Å². The predicted octanol–water partition coefficient (Wildman–Crippen LogP) is 2.13. The molecule has 12 heavy (non-hydrogen) atoms. The molecule has 0 N–H and O–H groups in total. The molecule has 1 nitrogen and oxygen atoms in total. The van der Waals surface area contributed by atoms with Crippen LogP contribution in [0.15, 0.2) is 0 Å². The van der Waals surface area contributed by atoms with Crippen molar-refractivity contribution in [3.05, 3.63) is 0 Å². The van der Waals surface area contributed by atoms with Gasteiger partial charge in [-0.1, -0.05) is 13.8 Å². The Morgan fingerprint density at radius 2 is 1.75 bits per heavy atom. The van der Waals surface area contributed by atoms with Gasteiger partial charge in [0.1, 0.15) is 0 Å². The van der Waals surface area contributed by atoms with Gasteiger partial charge in [0.2, 0.25) is 0 Å². The van der Waals surface area contributed by atoms with Gasteiger partial charge in [-0.15, -0.1) is 0 Å². The number of piperidine rings is 1. The lowest BCUT2D eigenvalue weighted by molar-refractivity contribution is 0.136. The smallest absolute Gasteiger partial charge is 0.0238 e. The lowest BCUT2D eigenvalue weighted by Crippen LogP contribution is -2.42. The molecule has 1 heteroatoms. The van der Waals surface area contributed by atoms with E-state index in [1.165, 1.54) is 25.9 Å². The molecule has 2 unspecified atom stereocenters. The zero-order valence-electron chi connectivity index (χ0n) is 8.21. The van der Waals surface area contributed by atoms with Gasteiger partial charge in [-0.2, -0.15) is 0 Å². The van der Waals surface area contributed by atoms with Crippen molar-refractivity contribution in [1.29, 1.82) is 0 Å². The Morgan fingerprint density at radius 3 is 2.17 bits per heavy atom. The maximum atomic E-state index is 2.80. The molecule has 1 saturated carbocycles. The van der Waals surface area contributed by atoms with E-state index >= 15 is 0 Å². The van der Waals surface area contributed by atoms with Crippen molar-refractivity contribution in [2.45, 2.75) is 38.6 Å². The van der Waals surface area contributed by atoms with Gasteiger partial charge in [0.25, 0.3) is 0 Å². The quantitative estimate of drug-likeness (QED) is 0.575. The summed E-state index contributed by atoms with van der Waals surface area (Å²) in [7, 11) is 0. The van der Waals surface area contributed by atoms with E-state index < -0.39 is 0 Å². The van der Waals surface area contributed by atoms with Crippen molar-refractivity contribution in [3.8, 4) is 0 Å². The van der Waals surface area contributed by atoms with Gasteiger partial charge in [-0.05, 0) is 37.0 Å². The van der Waals surface area contributed by atoms with Crippen LogP contribution in [0.4, 0.5) is 0 Å². The number of nitrogens with zero attached hydrogens (tertiary/aromatic N) is 1. The molecule has 0 radical (unpaired) electrons. The molecule has 4 bridgehead atoms. The first-order valence-electron chi connectivity index (χ1n) is 5.46. The van der Waals surface area contributed by atoms with Crippen molar-refractivity contribution >= 4 is 0 Å². The van der Waals surface area contributed by atoms with Crippen LogP contribution in [-0.4, -0.2) is 23.5 Å². The van der Waals surface area contributed by atoms with Crippen LogP contribution in [0.5, 0.6) is 0 Å². The molecule has 3 heterocycles. The molecule has 2 atom stereocenters. The van der Waals surface area contributed by atoms with Gasteiger partial charge in [0, 0.05) is 18.6 Å². The molecule has 4 rings (SSSR count). The Labute approximate surface area is 75.1 Å². The summed E-state index contributed by atoms with van der Waals surface area (Å²) in [4.78, 5) is 2.80. The third kappa shape index (κ3) is 0.693. The SMILES string of the molecule is CC(C)C12CC3CC(CN1C3)C2. The highest BCUT2D eigenvalue weighted by molar-refractivity contribution is 5.11. The van der Waals surface area contributed by atoms with Crippen molar-refractivity contribution < 1.29 is 0 Å². The molecule has 68 valence electrons. The molecule has 0 amide bonds. The van der Waals surface area contributed by atoms with E-state index in [0.717, 1.165) is 17.8 Å². The first kappa shape index (κ1) is 7.37. The highest BCUT2D eigenvalue weighted by Gasteiger charge is 2.57. The van der Waals surface area contributed by atoms with E-state index in [1.54, 1.807) is 6.42 Å². The molecule has 1 aliphatic carbocycles. The van der Waals surface area contributed by atoms with Crippen LogP contribution in [0, 0.1) is 17.8 Å². The zero-order valence-corrected chi connectivity index (χ0v) is 8.21. The van der Waals surface area contributed by atoms with Crippen molar-refractivity contribution in [2.75, 3.05) is 13.1 Å². The highest BCUT2D eigenvalue weighted by Crippen LogP contribution is 2.55. The molecule has 0 aromatic rings. The van der Waals surface area contributed by atoms with Crippen LogP contribution in [0.25, 0.3) is 0 Å². The van der Waals surface area contributed by atoms with E-state index in [4.69, 9.17) is 0 Å². The van der Waals surface area contributed by atoms with Crippen molar-refractivity contribution in [3.63, 3.8) is 0 Å². The average Bonchev–Trinajstić information content (AvgIpc) is 2.37. The van der Waals surface area contributed by atoms with Crippen LogP contribution in [0.3, 0.4) is 0 Å².